The summed E-state index contributed by atoms with van der Waals surface area (Å²) in [6.45, 7) is 33.0. The number of nitrogens with zero attached hydrogens (tertiary/aromatic N) is 3. The normalized spacial score (nSPS) is 48.8. The maximum atomic E-state index is 11.0. The lowest BCUT2D eigenvalue weighted by Gasteiger charge is -2.53. The van der Waals surface area contributed by atoms with E-state index in [1.807, 2.05) is 20.8 Å². The molecule has 3 rings (SSSR count). The van der Waals surface area contributed by atoms with Crippen molar-refractivity contribution in [1.29, 1.82) is 0 Å². The van der Waals surface area contributed by atoms with Gasteiger partial charge in [-0.3, -0.25) is 0 Å². The van der Waals surface area contributed by atoms with Crippen LogP contribution >= 0.6 is 0 Å². The third kappa shape index (κ3) is 3.12. The smallest absolute Gasteiger partial charge is 0.255 e. The lowest BCUT2D eigenvalue weighted by molar-refractivity contribution is -0.147. The van der Waals surface area contributed by atoms with E-state index in [9.17, 15) is 5.11 Å². The molecule has 0 bridgehead atoms. The van der Waals surface area contributed by atoms with Gasteiger partial charge in [-0.25, -0.2) is 19.7 Å². The maximum Gasteiger partial charge on any atom is 0.255 e. The van der Waals surface area contributed by atoms with Crippen LogP contribution < -0.4 is 0 Å². The average Bonchev–Trinajstić information content (AvgIpc) is 3.05. The van der Waals surface area contributed by atoms with Gasteiger partial charge in [0.15, 0.2) is 0 Å². The van der Waals surface area contributed by atoms with Gasteiger partial charge in [0.1, 0.15) is 11.7 Å². The van der Waals surface area contributed by atoms with Crippen LogP contribution in [0.25, 0.3) is 14.5 Å². The second-order valence-electron chi connectivity index (χ2n) is 10.5. The highest BCUT2D eigenvalue weighted by molar-refractivity contribution is 5.19. The molecule has 3 aliphatic rings. The van der Waals surface area contributed by atoms with Crippen LogP contribution in [0.4, 0.5) is 0 Å². The van der Waals surface area contributed by atoms with Gasteiger partial charge in [-0.1, -0.05) is 0 Å². The summed E-state index contributed by atoms with van der Waals surface area (Å²) in [5.74, 6) is 0.190. The molecule has 0 radical (unpaired) electrons. The summed E-state index contributed by atoms with van der Waals surface area (Å²) >= 11 is 0. The van der Waals surface area contributed by atoms with Crippen LogP contribution in [0.1, 0.15) is 73.1 Å². The molecule has 1 N–H and O–H groups in total. The van der Waals surface area contributed by atoms with Gasteiger partial charge in [-0.15, -0.1) is 0 Å². The minimum atomic E-state index is -1.02. The molecule has 152 valence electrons. The Bertz CT molecular complexity index is 755. The van der Waals surface area contributed by atoms with Gasteiger partial charge in [0.05, 0.1) is 11.5 Å². The second kappa shape index (κ2) is 6.73. The first kappa shape index (κ1) is 21.1. The summed E-state index contributed by atoms with van der Waals surface area (Å²) in [6.07, 6.45) is 4.61. The van der Waals surface area contributed by atoms with E-state index in [1.54, 1.807) is 6.92 Å². The molecule has 5 heteroatoms. The van der Waals surface area contributed by atoms with E-state index in [-0.39, 0.29) is 23.9 Å². The molecular weight excluding hydrogens is 350 g/mol. The first-order chi connectivity index (χ1) is 12.9. The predicted octanol–water partition coefficient (Wildman–Crippen LogP) is 4.78. The van der Waals surface area contributed by atoms with Gasteiger partial charge in [-0.2, -0.15) is 0 Å². The standard InChI is InChI=1S/C23H33N3O2/c1-20(2,25-7)17-11-14-23(5,28-17)16-9-12-21(3,26-8)15-10-13-22(4,27)19(24-6)18(15)16/h15-19,27H,9-14H2,1-5H3. The highest BCUT2D eigenvalue weighted by Gasteiger charge is 2.66. The predicted molar refractivity (Wildman–Crippen MR) is 108 cm³/mol. The van der Waals surface area contributed by atoms with Crippen molar-refractivity contribution in [2.24, 2.45) is 17.8 Å². The van der Waals surface area contributed by atoms with E-state index < -0.39 is 28.3 Å². The lowest BCUT2D eigenvalue weighted by atomic mass is 9.51. The molecule has 0 amide bonds. The van der Waals surface area contributed by atoms with Crippen molar-refractivity contribution in [1.82, 2.24) is 0 Å². The average molecular weight is 384 g/mol. The second-order valence-corrected chi connectivity index (χ2v) is 10.5. The van der Waals surface area contributed by atoms with Gasteiger partial charge >= 0.3 is 0 Å². The van der Waals surface area contributed by atoms with E-state index in [1.165, 1.54) is 0 Å². The van der Waals surface area contributed by atoms with Crippen LogP contribution in [0.2, 0.25) is 0 Å². The number of ether oxygens (including phenoxy) is 1. The van der Waals surface area contributed by atoms with E-state index >= 15 is 0 Å². The van der Waals surface area contributed by atoms with Crippen LogP contribution in [-0.2, 0) is 4.74 Å². The first-order valence-electron chi connectivity index (χ1n) is 10.5. The van der Waals surface area contributed by atoms with Crippen LogP contribution in [0.15, 0.2) is 0 Å². The molecule has 0 aromatic rings. The van der Waals surface area contributed by atoms with Gasteiger partial charge in [0.25, 0.3) is 11.6 Å². The number of hydrogen-bond donors (Lipinski definition) is 1. The highest BCUT2D eigenvalue weighted by atomic mass is 16.5. The van der Waals surface area contributed by atoms with Crippen molar-refractivity contribution in [3.05, 3.63) is 34.3 Å². The summed E-state index contributed by atoms with van der Waals surface area (Å²) in [4.78, 5) is 11.7. The topological polar surface area (TPSA) is 42.5 Å². The molecule has 0 aromatic carbocycles. The number of hydrogen-bond acceptors (Lipinski definition) is 2. The van der Waals surface area contributed by atoms with Crippen molar-refractivity contribution in [3.8, 4) is 0 Å². The van der Waals surface area contributed by atoms with E-state index in [0.29, 0.717) is 6.42 Å². The van der Waals surface area contributed by atoms with Gasteiger partial charge in [-0.05, 0) is 51.9 Å². The molecule has 5 nitrogen and oxygen atoms in total. The Labute approximate surface area is 169 Å². The Balaban J connectivity index is 1.99. The Hall–Kier alpha value is -1.61. The fraction of sp³-hybridized carbons (Fsp3) is 0.870. The molecule has 0 aromatic heterocycles. The Morgan fingerprint density at radius 1 is 0.964 bits per heavy atom. The molecule has 1 heterocycles. The van der Waals surface area contributed by atoms with Gasteiger partial charge in [0.2, 0.25) is 5.54 Å². The van der Waals surface area contributed by atoms with E-state index in [0.717, 1.165) is 32.1 Å². The van der Waals surface area contributed by atoms with Crippen molar-refractivity contribution in [2.75, 3.05) is 0 Å². The van der Waals surface area contributed by atoms with E-state index in [2.05, 4.69) is 21.5 Å². The minimum Gasteiger partial charge on any atom is -0.382 e. The minimum absolute atomic E-state index is 0.0473. The van der Waals surface area contributed by atoms with Crippen molar-refractivity contribution in [3.63, 3.8) is 0 Å². The lowest BCUT2D eigenvalue weighted by Crippen LogP contribution is -2.61. The quantitative estimate of drug-likeness (QED) is 0.698. The van der Waals surface area contributed by atoms with Crippen molar-refractivity contribution in [2.45, 2.75) is 108 Å². The fourth-order valence-electron chi connectivity index (χ4n) is 6.25. The first-order valence-corrected chi connectivity index (χ1v) is 10.5. The van der Waals surface area contributed by atoms with Gasteiger partial charge in [0, 0.05) is 33.1 Å². The molecule has 28 heavy (non-hydrogen) atoms. The molecule has 1 aliphatic heterocycles. The molecule has 1 saturated heterocycles. The summed E-state index contributed by atoms with van der Waals surface area (Å²) in [5, 5.41) is 11.0. The molecule has 2 aliphatic carbocycles. The largest absolute Gasteiger partial charge is 0.382 e. The molecule has 8 unspecified atom stereocenters. The van der Waals surface area contributed by atoms with E-state index in [4.69, 9.17) is 24.5 Å². The summed E-state index contributed by atoms with van der Waals surface area (Å²) in [7, 11) is 0. The van der Waals surface area contributed by atoms with Crippen molar-refractivity contribution >= 4 is 0 Å². The zero-order valence-corrected chi connectivity index (χ0v) is 17.8. The summed E-state index contributed by atoms with van der Waals surface area (Å²) in [5.41, 5.74) is -2.46. The maximum absolute atomic E-state index is 11.0. The third-order valence-electron chi connectivity index (χ3n) is 8.22. The molecular formula is C23H33N3O2. The summed E-state index contributed by atoms with van der Waals surface area (Å²) < 4.78 is 6.58. The van der Waals surface area contributed by atoms with Crippen LogP contribution in [0.3, 0.4) is 0 Å². The molecule has 3 fully saturated rings. The monoisotopic (exact) mass is 383 g/mol. The number of rotatable bonds is 2. The Morgan fingerprint density at radius 2 is 1.61 bits per heavy atom. The number of aliphatic hydroxyl groups is 1. The Kier molecular flexibility index (Phi) is 5.07. The van der Waals surface area contributed by atoms with Gasteiger partial charge < -0.3 is 24.4 Å². The van der Waals surface area contributed by atoms with Crippen molar-refractivity contribution < 1.29 is 9.84 Å². The fourth-order valence-corrected chi connectivity index (χ4v) is 6.25. The van der Waals surface area contributed by atoms with Crippen LogP contribution in [-0.4, -0.2) is 39.5 Å². The van der Waals surface area contributed by atoms with Crippen LogP contribution in [0.5, 0.6) is 0 Å². The zero-order valence-electron chi connectivity index (χ0n) is 17.8. The highest BCUT2D eigenvalue weighted by Crippen LogP contribution is 2.58. The van der Waals surface area contributed by atoms with Crippen LogP contribution in [0, 0.1) is 37.5 Å². The molecule has 2 saturated carbocycles. The summed E-state index contributed by atoms with van der Waals surface area (Å²) in [6, 6.07) is -0.508. The third-order valence-corrected chi connectivity index (χ3v) is 8.22. The number of fused-ring (bicyclic) bond motifs is 1. The molecule has 0 spiro atoms. The Morgan fingerprint density at radius 3 is 2.18 bits per heavy atom. The molecule has 8 atom stereocenters. The zero-order chi connectivity index (χ0) is 21.0. The SMILES string of the molecule is [C-]#[N+]C1C2C(CCC1(C)O)C(C)([N+]#[C-])CCC2C1(C)CCC(C(C)(C)[N+]#[C-])O1.